The highest BCUT2D eigenvalue weighted by Crippen LogP contribution is 2.31. The topological polar surface area (TPSA) is 26.3 Å². The number of ether oxygens (including phenoxy) is 1. The van der Waals surface area contributed by atoms with E-state index in [0.29, 0.717) is 6.92 Å². The smallest absolute Gasteiger partial charge is 0.416 e. The summed E-state index contributed by atoms with van der Waals surface area (Å²) < 4.78 is 90.2. The molecule has 9 heteroatoms. The van der Waals surface area contributed by atoms with Gasteiger partial charge >= 0.3 is 12.1 Å². The average molecular weight is 276 g/mol. The van der Waals surface area contributed by atoms with Crippen molar-refractivity contribution in [2.75, 3.05) is 0 Å². The molecular formula is C9H3F7O2. The Labute approximate surface area is 95.0 Å². The van der Waals surface area contributed by atoms with Gasteiger partial charge in [0.2, 0.25) is 11.6 Å². The van der Waals surface area contributed by atoms with Crippen LogP contribution in [-0.2, 0) is 4.79 Å². The number of rotatable bonds is 1. The van der Waals surface area contributed by atoms with Gasteiger partial charge in [-0.1, -0.05) is 0 Å². The van der Waals surface area contributed by atoms with Crippen molar-refractivity contribution in [1.82, 2.24) is 0 Å². The molecule has 0 amide bonds. The van der Waals surface area contributed by atoms with Crippen molar-refractivity contribution < 1.29 is 40.3 Å². The number of halogens is 7. The summed E-state index contributed by atoms with van der Waals surface area (Å²) in [6.07, 6.45) is -5.49. The summed E-state index contributed by atoms with van der Waals surface area (Å²) in [6, 6.07) is 0. The predicted octanol–water partition coefficient (Wildman–Crippen LogP) is 3.02. The first-order chi connectivity index (χ1) is 8.07. The molecule has 1 aromatic rings. The summed E-state index contributed by atoms with van der Waals surface area (Å²) in [5.41, 5.74) is -1.09. The van der Waals surface area contributed by atoms with Crippen molar-refractivity contribution in [3.8, 4) is 5.75 Å². The third-order valence-electron chi connectivity index (χ3n) is 1.87. The second-order valence-electron chi connectivity index (χ2n) is 3.10. The Morgan fingerprint density at radius 1 is 0.944 bits per heavy atom. The number of esters is 1. The molecule has 0 saturated heterocycles. The second kappa shape index (κ2) is 4.46. The van der Waals surface area contributed by atoms with Gasteiger partial charge in [-0.2, -0.15) is 17.6 Å². The highest BCUT2D eigenvalue weighted by atomic mass is 19.4. The minimum atomic E-state index is -5.49. The van der Waals surface area contributed by atoms with Crippen molar-refractivity contribution in [3.63, 3.8) is 0 Å². The molecule has 2 nitrogen and oxygen atoms in total. The van der Waals surface area contributed by atoms with Crippen LogP contribution in [0, 0.1) is 30.2 Å². The predicted molar refractivity (Wildman–Crippen MR) is 42.7 cm³/mol. The lowest BCUT2D eigenvalue weighted by atomic mass is 10.2. The molecule has 0 radical (unpaired) electrons. The van der Waals surface area contributed by atoms with Gasteiger partial charge in [0.25, 0.3) is 0 Å². The summed E-state index contributed by atoms with van der Waals surface area (Å²) in [4.78, 5) is 10.4. The van der Waals surface area contributed by atoms with Crippen LogP contribution < -0.4 is 4.74 Å². The molecule has 0 saturated carbocycles. The Kier molecular flexibility index (Phi) is 3.54. The first-order valence-corrected chi connectivity index (χ1v) is 4.19. The van der Waals surface area contributed by atoms with Gasteiger partial charge < -0.3 is 4.74 Å². The van der Waals surface area contributed by atoms with Gasteiger partial charge in [0.1, 0.15) is 0 Å². The minimum Gasteiger partial charge on any atom is -0.416 e. The van der Waals surface area contributed by atoms with Gasteiger partial charge in [0, 0.05) is 5.56 Å². The summed E-state index contributed by atoms with van der Waals surface area (Å²) in [5, 5.41) is 0. The summed E-state index contributed by atoms with van der Waals surface area (Å²) >= 11 is 0. The van der Waals surface area contributed by atoms with Crippen molar-refractivity contribution in [1.29, 1.82) is 0 Å². The molecule has 0 unspecified atom stereocenters. The summed E-state index contributed by atoms with van der Waals surface area (Å²) in [7, 11) is 0. The lowest BCUT2D eigenvalue weighted by molar-refractivity contribution is -0.190. The Hall–Kier alpha value is -1.80. The van der Waals surface area contributed by atoms with E-state index in [0.717, 1.165) is 0 Å². The molecule has 0 fully saturated rings. The molecule has 0 N–H and O–H groups in total. The van der Waals surface area contributed by atoms with Gasteiger partial charge in [-0.15, -0.1) is 0 Å². The Morgan fingerprint density at radius 2 is 1.39 bits per heavy atom. The van der Waals surface area contributed by atoms with Crippen LogP contribution in [0.2, 0.25) is 0 Å². The van der Waals surface area contributed by atoms with Crippen molar-refractivity contribution in [2.24, 2.45) is 0 Å². The first-order valence-electron chi connectivity index (χ1n) is 4.19. The van der Waals surface area contributed by atoms with Gasteiger partial charge in [-0.3, -0.25) is 0 Å². The molecule has 0 aromatic heterocycles. The van der Waals surface area contributed by atoms with Gasteiger partial charge in [-0.25, -0.2) is 18.0 Å². The fraction of sp³-hybridized carbons (Fsp3) is 0.222. The fourth-order valence-electron chi connectivity index (χ4n) is 0.993. The zero-order valence-corrected chi connectivity index (χ0v) is 8.46. The van der Waals surface area contributed by atoms with Crippen molar-refractivity contribution >= 4 is 5.97 Å². The molecule has 1 rings (SSSR count). The van der Waals surface area contributed by atoms with E-state index in [1.807, 2.05) is 0 Å². The van der Waals surface area contributed by atoms with E-state index in [-0.39, 0.29) is 0 Å². The maximum Gasteiger partial charge on any atom is 0.491 e. The SMILES string of the molecule is Cc1c(F)c(F)c(F)c(F)c1OC(=O)C(F)(F)F. The Balaban J connectivity index is 3.31. The monoisotopic (exact) mass is 276 g/mol. The van der Waals surface area contributed by atoms with Crippen LogP contribution in [0.25, 0.3) is 0 Å². The number of benzene rings is 1. The largest absolute Gasteiger partial charge is 0.491 e. The molecule has 0 bridgehead atoms. The molecule has 0 heterocycles. The van der Waals surface area contributed by atoms with Crippen LogP contribution in [0.5, 0.6) is 5.75 Å². The molecule has 0 aliphatic rings. The maximum absolute atomic E-state index is 13.0. The zero-order chi connectivity index (χ0) is 14.2. The van der Waals surface area contributed by atoms with E-state index in [9.17, 15) is 35.5 Å². The quantitative estimate of drug-likeness (QED) is 0.259. The van der Waals surface area contributed by atoms with E-state index in [1.54, 1.807) is 0 Å². The van der Waals surface area contributed by atoms with Crippen LogP contribution in [-0.4, -0.2) is 12.1 Å². The molecule has 0 atom stereocenters. The molecule has 18 heavy (non-hydrogen) atoms. The maximum atomic E-state index is 13.0. The Bertz CT molecular complexity index is 478. The summed E-state index contributed by atoms with van der Waals surface area (Å²) in [6.45, 7) is 0.625. The fourth-order valence-corrected chi connectivity index (χ4v) is 0.993. The van der Waals surface area contributed by atoms with Crippen LogP contribution in [0.1, 0.15) is 5.56 Å². The Morgan fingerprint density at radius 3 is 1.83 bits per heavy atom. The lowest BCUT2D eigenvalue weighted by Crippen LogP contribution is -2.29. The van der Waals surface area contributed by atoms with E-state index >= 15 is 0 Å². The molecule has 0 aliphatic heterocycles. The second-order valence-corrected chi connectivity index (χ2v) is 3.10. The highest BCUT2D eigenvalue weighted by Gasteiger charge is 2.42. The zero-order valence-electron chi connectivity index (χ0n) is 8.46. The normalized spacial score (nSPS) is 11.6. The van der Waals surface area contributed by atoms with Gasteiger partial charge in [0.05, 0.1) is 0 Å². The van der Waals surface area contributed by atoms with Crippen LogP contribution in [0.4, 0.5) is 30.7 Å². The molecule has 0 spiro atoms. The van der Waals surface area contributed by atoms with E-state index in [4.69, 9.17) is 0 Å². The standard InChI is InChI=1S/C9H3F7O2/c1-2-3(10)4(11)5(12)6(13)7(2)18-8(17)9(14,15)16/h1H3. The average Bonchev–Trinajstić information content (AvgIpc) is 2.28. The van der Waals surface area contributed by atoms with Gasteiger partial charge in [0.15, 0.2) is 17.4 Å². The van der Waals surface area contributed by atoms with Crippen LogP contribution in [0.15, 0.2) is 0 Å². The number of carbonyl (C=O) groups excluding carboxylic acids is 1. The third-order valence-corrected chi connectivity index (χ3v) is 1.87. The molecule has 100 valence electrons. The highest BCUT2D eigenvalue weighted by molar-refractivity contribution is 5.78. The number of alkyl halides is 3. The molecule has 0 aliphatic carbocycles. The van der Waals surface area contributed by atoms with E-state index in [1.165, 1.54) is 0 Å². The minimum absolute atomic E-state index is 0.625. The van der Waals surface area contributed by atoms with Crippen molar-refractivity contribution in [3.05, 3.63) is 28.8 Å². The number of hydrogen-bond donors (Lipinski definition) is 0. The summed E-state index contributed by atoms with van der Waals surface area (Å²) in [5.74, 6) is -13.3. The van der Waals surface area contributed by atoms with E-state index < -0.39 is 46.7 Å². The number of hydrogen-bond acceptors (Lipinski definition) is 2. The van der Waals surface area contributed by atoms with Gasteiger partial charge in [-0.05, 0) is 6.92 Å². The first kappa shape index (κ1) is 14.3. The molecule has 1 aromatic carbocycles. The molecular weight excluding hydrogens is 273 g/mol. The van der Waals surface area contributed by atoms with E-state index in [2.05, 4.69) is 4.74 Å². The number of carbonyl (C=O) groups is 1. The van der Waals surface area contributed by atoms with Crippen molar-refractivity contribution in [2.45, 2.75) is 13.1 Å². The van der Waals surface area contributed by atoms with Crippen LogP contribution in [0.3, 0.4) is 0 Å². The lowest BCUT2D eigenvalue weighted by Gasteiger charge is -2.11. The van der Waals surface area contributed by atoms with Crippen LogP contribution >= 0.6 is 0 Å². The third kappa shape index (κ3) is 2.39.